The summed E-state index contributed by atoms with van der Waals surface area (Å²) in [7, 11) is -0.281. The summed E-state index contributed by atoms with van der Waals surface area (Å²) in [6.07, 6.45) is 1.31. The summed E-state index contributed by atoms with van der Waals surface area (Å²) in [5.41, 5.74) is 5.39. The van der Waals surface area contributed by atoms with E-state index in [1.807, 2.05) is 0 Å². The minimum atomic E-state index is -0.281. The Hall–Kier alpha value is -1.35. The van der Waals surface area contributed by atoms with Crippen LogP contribution in [-0.2, 0) is 9.30 Å². The first-order chi connectivity index (χ1) is 6.83. The van der Waals surface area contributed by atoms with Crippen molar-refractivity contribution in [2.24, 2.45) is 0 Å². The average molecular weight is 213 g/mol. The molecule has 0 fully saturated rings. The van der Waals surface area contributed by atoms with Crippen molar-refractivity contribution in [2.75, 3.05) is 18.9 Å². The molecule has 14 heavy (non-hydrogen) atoms. The second kappa shape index (κ2) is 6.16. The molecule has 6 nitrogen and oxygen atoms in total. The van der Waals surface area contributed by atoms with Gasteiger partial charge in [0.2, 0.25) is 0 Å². The Morgan fingerprint density at radius 3 is 3.07 bits per heavy atom. The number of hydrogen-bond acceptors (Lipinski definition) is 6. The molecule has 0 amide bonds. The van der Waals surface area contributed by atoms with Crippen molar-refractivity contribution < 1.29 is 14.0 Å². The van der Waals surface area contributed by atoms with Crippen molar-refractivity contribution in [3.63, 3.8) is 0 Å². The van der Waals surface area contributed by atoms with Crippen molar-refractivity contribution in [1.82, 2.24) is 9.97 Å². The number of nitrogens with zero attached hydrogens (tertiary/aromatic N) is 2. The first-order valence-electron chi connectivity index (χ1n) is 3.72. The molecule has 74 valence electrons. The number of nitrogen functional groups attached to an aromatic ring is 1. The second-order valence-electron chi connectivity index (χ2n) is 2.16. The molecule has 0 saturated carbocycles. The molecule has 1 rings (SSSR count). The number of hydrogen-bond donors (Lipinski definition) is 1. The molecule has 2 N–H and O–H groups in total. The zero-order valence-corrected chi connectivity index (χ0v) is 8.11. The Kier molecular flexibility index (Phi) is 4.72. The Balaban J connectivity index is 2.30. The molecule has 0 bridgehead atoms. The summed E-state index contributed by atoms with van der Waals surface area (Å²) in [5.74, 6) is 2.84. The van der Waals surface area contributed by atoms with E-state index in [1.54, 1.807) is 0 Å². The molecule has 1 aromatic rings. The number of ether oxygens (including phenoxy) is 2. The maximum absolute atomic E-state index is 9.87. The van der Waals surface area contributed by atoms with Crippen molar-refractivity contribution in [2.45, 2.75) is 0 Å². The van der Waals surface area contributed by atoms with Crippen LogP contribution in [-0.4, -0.2) is 23.2 Å². The molecule has 0 saturated heterocycles. The van der Waals surface area contributed by atoms with Gasteiger partial charge in [0.05, 0.1) is 0 Å². The number of rotatable bonds is 4. The second-order valence-corrected chi connectivity index (χ2v) is 2.53. The van der Waals surface area contributed by atoms with E-state index in [-0.39, 0.29) is 21.1 Å². The molecule has 0 aliphatic rings. The summed E-state index contributed by atoms with van der Waals surface area (Å²) in [6, 6.07) is 1.50. The van der Waals surface area contributed by atoms with Crippen LogP contribution in [0.4, 0.5) is 5.82 Å². The van der Waals surface area contributed by atoms with Crippen LogP contribution in [0.1, 0.15) is 0 Å². The molecule has 7 heteroatoms. The van der Waals surface area contributed by atoms with E-state index in [1.165, 1.54) is 12.4 Å². The molecule has 1 aromatic heterocycles. The van der Waals surface area contributed by atoms with Gasteiger partial charge in [0.1, 0.15) is 0 Å². The molecule has 0 aliphatic carbocycles. The van der Waals surface area contributed by atoms with Crippen LogP contribution in [0.15, 0.2) is 12.4 Å². The molecule has 0 unspecified atom stereocenters. The van der Waals surface area contributed by atoms with Gasteiger partial charge in [-0.2, -0.15) is 0 Å². The summed E-state index contributed by atoms with van der Waals surface area (Å²) in [4.78, 5) is 7.50. The first kappa shape index (κ1) is 10.7. The fourth-order valence-electron chi connectivity index (χ4n) is 0.692. The van der Waals surface area contributed by atoms with Gasteiger partial charge in [0.15, 0.2) is 0 Å². The fourth-order valence-corrected chi connectivity index (χ4v) is 0.836. The summed E-state index contributed by atoms with van der Waals surface area (Å²) < 4.78 is 19.7. The SMILES string of the molecule is Nc1cc(OCCOC#P=O)ncn1. The van der Waals surface area contributed by atoms with Crippen molar-refractivity contribution in [3.8, 4) is 11.7 Å². The standard InChI is InChI=1S/C7H8N3O3P/c8-6-3-7(10-4-9-6)13-2-1-12-5-14-11/h3-4H,1-2H2,(H2,8,9,10). The van der Waals surface area contributed by atoms with Gasteiger partial charge in [-0.1, -0.05) is 0 Å². The number of aromatic nitrogens is 2. The molecule has 0 aromatic carbocycles. The fraction of sp³-hybridized carbons (Fsp3) is 0.286. The topological polar surface area (TPSA) is 87.3 Å². The van der Waals surface area contributed by atoms with Crippen LogP contribution in [0.5, 0.6) is 5.88 Å². The van der Waals surface area contributed by atoms with Gasteiger partial charge in [0, 0.05) is 0 Å². The van der Waals surface area contributed by atoms with E-state index < -0.39 is 0 Å². The molecular formula is C7H8N3O3P. The summed E-state index contributed by atoms with van der Waals surface area (Å²) in [6.45, 7) is 0.526. The quantitative estimate of drug-likeness (QED) is 0.584. The van der Waals surface area contributed by atoms with Crippen LogP contribution in [0.2, 0.25) is 0 Å². The van der Waals surface area contributed by atoms with Gasteiger partial charge >= 0.3 is 80.8 Å². The first-order valence-corrected chi connectivity index (χ1v) is 4.53. The van der Waals surface area contributed by atoms with Gasteiger partial charge in [-0.25, -0.2) is 0 Å². The predicted molar refractivity (Wildman–Crippen MR) is 49.4 cm³/mol. The number of nitrogens with two attached hydrogens (primary N) is 1. The Morgan fingerprint density at radius 2 is 2.36 bits per heavy atom. The van der Waals surface area contributed by atoms with Crippen molar-refractivity contribution >= 4 is 13.7 Å². The predicted octanol–water partition coefficient (Wildman–Crippen LogP) is 0.663. The van der Waals surface area contributed by atoms with E-state index >= 15 is 0 Å². The molecule has 0 spiro atoms. The zero-order valence-electron chi connectivity index (χ0n) is 7.21. The maximum atomic E-state index is 9.87. The third kappa shape index (κ3) is 4.05. The number of anilines is 1. The van der Waals surface area contributed by atoms with Gasteiger partial charge in [-0.15, -0.1) is 0 Å². The van der Waals surface area contributed by atoms with E-state index in [2.05, 4.69) is 20.5 Å². The normalized spacial score (nSPS) is 9.14. The minimum absolute atomic E-state index is 0.249. The third-order valence-electron chi connectivity index (χ3n) is 1.20. The van der Waals surface area contributed by atoms with E-state index in [0.717, 1.165) is 0 Å². The van der Waals surface area contributed by atoms with Crippen LogP contribution >= 0.6 is 7.92 Å². The monoisotopic (exact) mass is 213 g/mol. The molecule has 0 atom stereocenters. The van der Waals surface area contributed by atoms with E-state index in [9.17, 15) is 4.57 Å². The van der Waals surface area contributed by atoms with E-state index in [0.29, 0.717) is 11.7 Å². The van der Waals surface area contributed by atoms with Crippen LogP contribution in [0.3, 0.4) is 0 Å². The van der Waals surface area contributed by atoms with Gasteiger partial charge in [-0.05, 0) is 0 Å². The van der Waals surface area contributed by atoms with Gasteiger partial charge < -0.3 is 0 Å². The van der Waals surface area contributed by atoms with Crippen molar-refractivity contribution in [3.05, 3.63) is 12.4 Å². The van der Waals surface area contributed by atoms with E-state index in [4.69, 9.17) is 10.5 Å². The van der Waals surface area contributed by atoms with Crippen LogP contribution in [0, 0.1) is 5.81 Å². The Labute approximate surface area is 81.6 Å². The molecule has 0 aliphatic heterocycles. The summed E-state index contributed by atoms with van der Waals surface area (Å²) >= 11 is 0. The van der Waals surface area contributed by atoms with Crippen molar-refractivity contribution in [1.29, 1.82) is 0 Å². The molecule has 1 heterocycles. The van der Waals surface area contributed by atoms with Crippen LogP contribution < -0.4 is 10.5 Å². The Bertz CT molecular complexity index is 392. The Morgan fingerprint density at radius 1 is 1.50 bits per heavy atom. The van der Waals surface area contributed by atoms with Gasteiger partial charge in [-0.3, -0.25) is 0 Å². The molecular weight excluding hydrogens is 205 g/mol. The average Bonchev–Trinajstić information content (AvgIpc) is 2.18. The van der Waals surface area contributed by atoms with Crippen LogP contribution in [0.25, 0.3) is 0 Å². The summed E-state index contributed by atoms with van der Waals surface area (Å²) in [5, 5.41) is 0. The van der Waals surface area contributed by atoms with Gasteiger partial charge in [0.25, 0.3) is 0 Å². The molecule has 0 radical (unpaired) electrons. The third-order valence-corrected chi connectivity index (χ3v) is 1.40. The zero-order chi connectivity index (χ0) is 10.2.